The number of carbonyl (C=O) groups is 1. The molecule has 3 rings (SSSR count). The quantitative estimate of drug-likeness (QED) is 0.854. The van der Waals surface area contributed by atoms with Crippen molar-refractivity contribution in [3.05, 3.63) is 29.8 Å². The third-order valence-corrected chi connectivity index (χ3v) is 3.70. The fourth-order valence-corrected chi connectivity index (χ4v) is 2.57. The zero-order valence-corrected chi connectivity index (χ0v) is 10.1. The smallest absolute Gasteiger partial charge is 0.320 e. The highest BCUT2D eigenvalue weighted by Crippen LogP contribution is 2.37. The maximum atomic E-state index is 11.3. The molecule has 2 aliphatic rings. The van der Waals surface area contributed by atoms with Crippen LogP contribution in [0.3, 0.4) is 0 Å². The van der Waals surface area contributed by atoms with Gasteiger partial charge in [-0.2, -0.15) is 0 Å². The summed E-state index contributed by atoms with van der Waals surface area (Å²) in [6.45, 7) is 0.645. The van der Waals surface area contributed by atoms with E-state index in [1.54, 1.807) is 0 Å². The van der Waals surface area contributed by atoms with E-state index in [1.165, 1.54) is 0 Å². The summed E-state index contributed by atoms with van der Waals surface area (Å²) in [5.74, 6) is 0.445. The fourth-order valence-electron chi connectivity index (χ4n) is 2.57. The van der Waals surface area contributed by atoms with Crippen LogP contribution in [0.4, 0.5) is 0 Å². The predicted molar refractivity (Wildman–Crippen MR) is 66.6 cm³/mol. The van der Waals surface area contributed by atoms with E-state index in [0.29, 0.717) is 12.5 Å². The molecule has 2 N–H and O–H groups in total. The van der Waals surface area contributed by atoms with Crippen LogP contribution >= 0.6 is 0 Å². The van der Waals surface area contributed by atoms with E-state index >= 15 is 0 Å². The van der Waals surface area contributed by atoms with Crippen LogP contribution in [0.5, 0.6) is 5.75 Å². The lowest BCUT2D eigenvalue weighted by atomic mass is 9.99. The van der Waals surface area contributed by atoms with Crippen molar-refractivity contribution in [1.82, 2.24) is 5.32 Å². The highest BCUT2D eigenvalue weighted by molar-refractivity contribution is 5.74. The van der Waals surface area contributed by atoms with Crippen LogP contribution in [0.15, 0.2) is 24.3 Å². The number of aliphatic carboxylic acids is 1. The van der Waals surface area contributed by atoms with E-state index in [9.17, 15) is 9.90 Å². The molecule has 1 aromatic rings. The van der Waals surface area contributed by atoms with Gasteiger partial charge in [0.15, 0.2) is 0 Å². The molecule has 1 fully saturated rings. The van der Waals surface area contributed by atoms with Gasteiger partial charge >= 0.3 is 5.97 Å². The first-order valence-electron chi connectivity index (χ1n) is 6.46. The van der Waals surface area contributed by atoms with E-state index in [-0.39, 0.29) is 6.04 Å². The zero-order valence-electron chi connectivity index (χ0n) is 10.1. The number of carboxylic acid groups (broad SMARTS) is 1. The van der Waals surface area contributed by atoms with Crippen LogP contribution in [-0.4, -0.2) is 23.7 Å². The fraction of sp³-hybridized carbons (Fsp3) is 0.500. The third-order valence-electron chi connectivity index (χ3n) is 3.70. The standard InChI is InChI=1S/C14H17NO3/c16-14(17)13(9-5-6-9)15-11-7-8-18-12-4-2-1-3-10(11)12/h1-4,9,11,13,15H,5-8H2,(H,16,17). The number of hydrogen-bond donors (Lipinski definition) is 2. The molecule has 96 valence electrons. The number of hydrogen-bond acceptors (Lipinski definition) is 3. The van der Waals surface area contributed by atoms with Gasteiger partial charge in [0.05, 0.1) is 6.61 Å². The summed E-state index contributed by atoms with van der Waals surface area (Å²) in [4.78, 5) is 11.3. The van der Waals surface area contributed by atoms with Crippen molar-refractivity contribution in [2.75, 3.05) is 6.61 Å². The number of para-hydroxylation sites is 1. The van der Waals surface area contributed by atoms with Crippen LogP contribution in [0.1, 0.15) is 30.9 Å². The molecule has 1 aromatic carbocycles. The minimum Gasteiger partial charge on any atom is -0.493 e. The third kappa shape index (κ3) is 2.20. The Morgan fingerprint density at radius 1 is 1.33 bits per heavy atom. The van der Waals surface area contributed by atoms with Crippen molar-refractivity contribution in [3.63, 3.8) is 0 Å². The summed E-state index contributed by atoms with van der Waals surface area (Å²) in [6, 6.07) is 7.54. The second-order valence-corrected chi connectivity index (χ2v) is 5.05. The second kappa shape index (κ2) is 4.61. The SMILES string of the molecule is O=C(O)C(NC1CCOc2ccccc21)C1CC1. The Morgan fingerprint density at radius 3 is 2.83 bits per heavy atom. The number of ether oxygens (including phenoxy) is 1. The number of carboxylic acids is 1. The minimum absolute atomic E-state index is 0.0941. The zero-order chi connectivity index (χ0) is 12.5. The van der Waals surface area contributed by atoms with Gasteiger partial charge in [-0.1, -0.05) is 18.2 Å². The molecular weight excluding hydrogens is 230 g/mol. The highest BCUT2D eigenvalue weighted by atomic mass is 16.5. The topological polar surface area (TPSA) is 58.6 Å². The van der Waals surface area contributed by atoms with Crippen LogP contribution in [-0.2, 0) is 4.79 Å². The number of nitrogens with one attached hydrogen (secondary N) is 1. The van der Waals surface area contributed by atoms with E-state index < -0.39 is 12.0 Å². The Kier molecular flexibility index (Phi) is 2.96. The number of rotatable bonds is 4. The lowest BCUT2D eigenvalue weighted by molar-refractivity contribution is -0.140. The largest absolute Gasteiger partial charge is 0.493 e. The maximum absolute atomic E-state index is 11.3. The molecule has 1 saturated carbocycles. The van der Waals surface area contributed by atoms with Crippen molar-refractivity contribution in [2.45, 2.75) is 31.3 Å². The molecule has 18 heavy (non-hydrogen) atoms. The van der Waals surface area contributed by atoms with Crippen LogP contribution in [0.2, 0.25) is 0 Å². The summed E-state index contributed by atoms with van der Waals surface area (Å²) in [5, 5.41) is 12.6. The molecule has 1 aliphatic heterocycles. The lowest BCUT2D eigenvalue weighted by Crippen LogP contribution is -2.42. The normalized spacial score (nSPS) is 23.9. The van der Waals surface area contributed by atoms with Crippen LogP contribution < -0.4 is 10.1 Å². The molecule has 0 saturated heterocycles. The maximum Gasteiger partial charge on any atom is 0.320 e. The Hall–Kier alpha value is -1.55. The molecule has 2 atom stereocenters. The molecule has 4 heteroatoms. The summed E-state index contributed by atoms with van der Waals surface area (Å²) in [6.07, 6.45) is 2.87. The number of fused-ring (bicyclic) bond motifs is 1. The first-order valence-corrected chi connectivity index (χ1v) is 6.46. The Labute approximate surface area is 106 Å². The van der Waals surface area contributed by atoms with Crippen LogP contribution in [0.25, 0.3) is 0 Å². The van der Waals surface area contributed by atoms with Crippen molar-refractivity contribution >= 4 is 5.97 Å². The molecule has 0 bridgehead atoms. The van der Waals surface area contributed by atoms with Gasteiger partial charge < -0.3 is 9.84 Å². The van der Waals surface area contributed by atoms with Gasteiger partial charge in [0.2, 0.25) is 0 Å². The van der Waals surface area contributed by atoms with Crippen molar-refractivity contribution in [1.29, 1.82) is 0 Å². The average Bonchev–Trinajstić information content (AvgIpc) is 3.20. The van der Waals surface area contributed by atoms with Gasteiger partial charge in [0.1, 0.15) is 11.8 Å². The van der Waals surface area contributed by atoms with Gasteiger partial charge in [-0.3, -0.25) is 10.1 Å². The van der Waals surface area contributed by atoms with Gasteiger partial charge in [0, 0.05) is 18.0 Å². The van der Waals surface area contributed by atoms with Crippen LogP contribution in [0, 0.1) is 5.92 Å². The Balaban J connectivity index is 1.79. The molecule has 0 spiro atoms. The van der Waals surface area contributed by atoms with Crippen molar-refractivity contribution < 1.29 is 14.6 Å². The Bertz CT molecular complexity index is 456. The molecule has 4 nitrogen and oxygen atoms in total. The van der Waals surface area contributed by atoms with Gasteiger partial charge in [-0.15, -0.1) is 0 Å². The summed E-state index contributed by atoms with van der Waals surface area (Å²) >= 11 is 0. The van der Waals surface area contributed by atoms with Gasteiger partial charge in [-0.25, -0.2) is 0 Å². The minimum atomic E-state index is -0.735. The average molecular weight is 247 g/mol. The van der Waals surface area contributed by atoms with E-state index in [0.717, 1.165) is 30.6 Å². The monoisotopic (exact) mass is 247 g/mol. The molecule has 1 aliphatic carbocycles. The van der Waals surface area contributed by atoms with E-state index in [2.05, 4.69) is 5.32 Å². The molecule has 1 heterocycles. The first kappa shape index (κ1) is 11.5. The molecular formula is C14H17NO3. The first-order chi connectivity index (χ1) is 8.75. The van der Waals surface area contributed by atoms with E-state index in [1.807, 2.05) is 24.3 Å². The summed E-state index contributed by atoms with van der Waals surface area (Å²) < 4.78 is 5.58. The van der Waals surface area contributed by atoms with E-state index in [4.69, 9.17) is 4.74 Å². The highest BCUT2D eigenvalue weighted by Gasteiger charge is 2.38. The summed E-state index contributed by atoms with van der Waals surface area (Å²) in [5.41, 5.74) is 1.08. The lowest BCUT2D eigenvalue weighted by Gasteiger charge is -2.29. The Morgan fingerprint density at radius 2 is 2.11 bits per heavy atom. The second-order valence-electron chi connectivity index (χ2n) is 5.05. The molecule has 2 unspecified atom stereocenters. The van der Waals surface area contributed by atoms with Crippen molar-refractivity contribution in [3.8, 4) is 5.75 Å². The molecule has 0 aromatic heterocycles. The molecule has 0 radical (unpaired) electrons. The predicted octanol–water partition coefficient (Wildman–Crippen LogP) is 1.96. The number of benzene rings is 1. The molecule has 0 amide bonds. The van der Waals surface area contributed by atoms with Gasteiger partial charge in [-0.05, 0) is 24.8 Å². The van der Waals surface area contributed by atoms with Crippen molar-refractivity contribution in [2.24, 2.45) is 5.92 Å². The van der Waals surface area contributed by atoms with Gasteiger partial charge in [0.25, 0.3) is 0 Å². The summed E-state index contributed by atoms with van der Waals surface area (Å²) in [7, 11) is 0.